The lowest BCUT2D eigenvalue weighted by Crippen LogP contribution is -2.40. The van der Waals surface area contributed by atoms with Crippen LogP contribution in [0.5, 0.6) is 0 Å². The molecule has 1 N–H and O–H groups in total. The molecule has 7 heteroatoms. The second-order valence-electron chi connectivity index (χ2n) is 6.16. The second-order valence-corrected chi connectivity index (χ2v) is 6.94. The molecule has 0 saturated carbocycles. The lowest BCUT2D eigenvalue weighted by molar-refractivity contribution is -0.132. The third-order valence-corrected chi connectivity index (χ3v) is 5.13. The fourth-order valence-electron chi connectivity index (χ4n) is 2.97. The Kier molecular flexibility index (Phi) is 5.98. The molecular formula is C17H24N4O2S. The molecule has 6 nitrogen and oxygen atoms in total. The highest BCUT2D eigenvalue weighted by Gasteiger charge is 2.22. The minimum Gasteiger partial charge on any atom is -0.343 e. The van der Waals surface area contributed by atoms with Gasteiger partial charge in [-0.3, -0.25) is 4.79 Å². The van der Waals surface area contributed by atoms with Crippen LogP contribution in [0.2, 0.25) is 0 Å². The third kappa shape index (κ3) is 4.42. The fourth-order valence-corrected chi connectivity index (χ4v) is 3.61. The Morgan fingerprint density at radius 3 is 3.00 bits per heavy atom. The Balaban J connectivity index is 1.43. The van der Waals surface area contributed by atoms with Gasteiger partial charge in [0.25, 0.3) is 0 Å². The first-order chi connectivity index (χ1) is 11.8. The summed E-state index contributed by atoms with van der Waals surface area (Å²) in [6.45, 7) is 5.92. The van der Waals surface area contributed by atoms with Gasteiger partial charge in [-0.1, -0.05) is 12.1 Å². The van der Waals surface area contributed by atoms with E-state index in [4.69, 9.17) is 4.52 Å². The van der Waals surface area contributed by atoms with Crippen LogP contribution in [0.15, 0.2) is 21.3 Å². The number of amides is 1. The summed E-state index contributed by atoms with van der Waals surface area (Å²) in [6.07, 6.45) is 3.11. The number of aromatic nitrogens is 2. The van der Waals surface area contributed by atoms with E-state index in [1.54, 1.807) is 11.3 Å². The predicted molar refractivity (Wildman–Crippen MR) is 93.8 cm³/mol. The Bertz CT molecular complexity index is 633. The molecule has 1 saturated heterocycles. The van der Waals surface area contributed by atoms with Crippen LogP contribution in [-0.4, -0.2) is 47.1 Å². The first kappa shape index (κ1) is 17.1. The standard InChI is InChI=1S/C17H24N4O2S/c1-2-18-11-13-5-8-21(9-6-13)16(22)4-3-15-19-17(20-23-15)14-7-10-24-12-14/h7,10,12-13,18H,2-6,8-9,11H2,1H3. The quantitative estimate of drug-likeness (QED) is 0.833. The Labute approximate surface area is 146 Å². The molecular weight excluding hydrogens is 324 g/mol. The van der Waals surface area contributed by atoms with Gasteiger partial charge in [-0.15, -0.1) is 0 Å². The van der Waals surface area contributed by atoms with Crippen LogP contribution in [0.4, 0.5) is 0 Å². The molecule has 0 aromatic carbocycles. The molecule has 0 atom stereocenters. The van der Waals surface area contributed by atoms with E-state index < -0.39 is 0 Å². The number of hydrogen-bond acceptors (Lipinski definition) is 6. The maximum atomic E-state index is 12.3. The smallest absolute Gasteiger partial charge is 0.227 e. The van der Waals surface area contributed by atoms with Crippen LogP contribution < -0.4 is 5.32 Å². The summed E-state index contributed by atoms with van der Waals surface area (Å²) in [7, 11) is 0. The van der Waals surface area contributed by atoms with E-state index in [-0.39, 0.29) is 5.91 Å². The summed E-state index contributed by atoms with van der Waals surface area (Å²) in [5.74, 6) is 2.01. The van der Waals surface area contributed by atoms with Gasteiger partial charge in [0, 0.05) is 36.9 Å². The van der Waals surface area contributed by atoms with Gasteiger partial charge in [0.1, 0.15) is 0 Å². The minimum absolute atomic E-state index is 0.187. The number of rotatable bonds is 7. The summed E-state index contributed by atoms with van der Waals surface area (Å²) in [5.41, 5.74) is 0.962. The van der Waals surface area contributed by atoms with Crippen LogP contribution in [-0.2, 0) is 11.2 Å². The molecule has 24 heavy (non-hydrogen) atoms. The summed E-state index contributed by atoms with van der Waals surface area (Å²) in [5, 5.41) is 11.3. The van der Waals surface area contributed by atoms with E-state index in [2.05, 4.69) is 22.4 Å². The highest BCUT2D eigenvalue weighted by Crippen LogP contribution is 2.20. The Morgan fingerprint density at radius 1 is 1.46 bits per heavy atom. The zero-order valence-electron chi connectivity index (χ0n) is 14.0. The average Bonchev–Trinajstić information content (AvgIpc) is 3.29. The van der Waals surface area contributed by atoms with Gasteiger partial charge >= 0.3 is 0 Å². The first-order valence-electron chi connectivity index (χ1n) is 8.60. The molecule has 2 aromatic heterocycles. The summed E-state index contributed by atoms with van der Waals surface area (Å²) in [4.78, 5) is 18.7. The highest BCUT2D eigenvalue weighted by atomic mass is 32.1. The van der Waals surface area contributed by atoms with Crippen LogP contribution >= 0.6 is 11.3 Å². The molecule has 0 unspecified atom stereocenters. The fraction of sp³-hybridized carbons (Fsp3) is 0.588. The van der Waals surface area contributed by atoms with Crippen molar-refractivity contribution in [3.8, 4) is 11.4 Å². The first-order valence-corrected chi connectivity index (χ1v) is 9.54. The van der Waals surface area contributed by atoms with E-state index in [1.165, 1.54) is 0 Å². The number of carbonyl (C=O) groups excluding carboxylic acids is 1. The second kappa shape index (κ2) is 8.39. The number of aryl methyl sites for hydroxylation is 1. The van der Waals surface area contributed by atoms with Crippen molar-refractivity contribution in [2.75, 3.05) is 26.2 Å². The molecule has 2 aromatic rings. The largest absolute Gasteiger partial charge is 0.343 e. The zero-order chi connectivity index (χ0) is 16.8. The van der Waals surface area contributed by atoms with Crippen LogP contribution in [0.3, 0.4) is 0 Å². The van der Waals surface area contributed by atoms with Gasteiger partial charge in [0.2, 0.25) is 17.6 Å². The Morgan fingerprint density at radius 2 is 2.29 bits per heavy atom. The Hall–Kier alpha value is -1.73. The topological polar surface area (TPSA) is 71.3 Å². The van der Waals surface area contributed by atoms with Gasteiger partial charge in [-0.25, -0.2) is 0 Å². The minimum atomic E-state index is 0.187. The van der Waals surface area contributed by atoms with Crippen molar-refractivity contribution in [1.82, 2.24) is 20.4 Å². The highest BCUT2D eigenvalue weighted by molar-refractivity contribution is 7.08. The molecule has 0 spiro atoms. The number of carbonyl (C=O) groups is 1. The lowest BCUT2D eigenvalue weighted by Gasteiger charge is -2.32. The van der Waals surface area contributed by atoms with Crippen LogP contribution in [0.1, 0.15) is 32.1 Å². The lowest BCUT2D eigenvalue weighted by atomic mass is 9.96. The zero-order valence-corrected chi connectivity index (χ0v) is 14.8. The number of piperidine rings is 1. The van der Waals surface area contributed by atoms with E-state index in [0.717, 1.165) is 44.6 Å². The molecule has 3 rings (SSSR count). The number of hydrogen-bond donors (Lipinski definition) is 1. The summed E-state index contributed by atoms with van der Waals surface area (Å²) >= 11 is 1.60. The number of thiophene rings is 1. The molecule has 1 fully saturated rings. The molecule has 3 heterocycles. The number of nitrogens with zero attached hydrogens (tertiary/aromatic N) is 3. The van der Waals surface area contributed by atoms with Crippen molar-refractivity contribution in [2.24, 2.45) is 5.92 Å². The van der Waals surface area contributed by atoms with Crippen molar-refractivity contribution in [1.29, 1.82) is 0 Å². The van der Waals surface area contributed by atoms with Gasteiger partial charge in [0.05, 0.1) is 0 Å². The summed E-state index contributed by atoms with van der Waals surface area (Å²) < 4.78 is 5.25. The SMILES string of the molecule is CCNCC1CCN(C(=O)CCc2nc(-c3ccsc3)no2)CC1. The van der Waals surface area contributed by atoms with E-state index in [1.807, 2.05) is 21.7 Å². The van der Waals surface area contributed by atoms with E-state index in [9.17, 15) is 4.79 Å². The molecule has 130 valence electrons. The van der Waals surface area contributed by atoms with Crippen LogP contribution in [0.25, 0.3) is 11.4 Å². The van der Waals surface area contributed by atoms with Crippen molar-refractivity contribution in [3.63, 3.8) is 0 Å². The van der Waals surface area contributed by atoms with Crippen molar-refractivity contribution in [2.45, 2.75) is 32.6 Å². The van der Waals surface area contributed by atoms with Gasteiger partial charge in [-0.2, -0.15) is 16.3 Å². The monoisotopic (exact) mass is 348 g/mol. The van der Waals surface area contributed by atoms with E-state index >= 15 is 0 Å². The third-order valence-electron chi connectivity index (χ3n) is 4.45. The molecule has 0 aliphatic carbocycles. The van der Waals surface area contributed by atoms with Gasteiger partial charge in [-0.05, 0) is 43.3 Å². The van der Waals surface area contributed by atoms with E-state index in [0.29, 0.717) is 30.5 Å². The molecule has 1 amide bonds. The normalized spacial score (nSPS) is 15.8. The average molecular weight is 348 g/mol. The summed E-state index contributed by atoms with van der Waals surface area (Å²) in [6, 6.07) is 1.96. The van der Waals surface area contributed by atoms with Gasteiger partial charge < -0.3 is 14.7 Å². The molecule has 1 aliphatic rings. The van der Waals surface area contributed by atoms with Crippen molar-refractivity contribution in [3.05, 3.63) is 22.7 Å². The number of likely N-dealkylation sites (tertiary alicyclic amines) is 1. The van der Waals surface area contributed by atoms with Crippen molar-refractivity contribution < 1.29 is 9.32 Å². The molecule has 1 aliphatic heterocycles. The maximum Gasteiger partial charge on any atom is 0.227 e. The number of nitrogens with one attached hydrogen (secondary N) is 1. The van der Waals surface area contributed by atoms with Crippen molar-refractivity contribution >= 4 is 17.2 Å². The van der Waals surface area contributed by atoms with Crippen LogP contribution in [0, 0.1) is 5.92 Å². The van der Waals surface area contributed by atoms with Gasteiger partial charge in [0.15, 0.2) is 0 Å². The maximum absolute atomic E-state index is 12.3. The predicted octanol–water partition coefficient (Wildman–Crippen LogP) is 2.58. The molecule has 0 bridgehead atoms. The molecule has 0 radical (unpaired) electrons.